The molecule has 112 valence electrons. The number of hydrogen-bond acceptors (Lipinski definition) is 4. The molecule has 1 aliphatic rings. The lowest BCUT2D eigenvalue weighted by Gasteiger charge is -2.19. The van der Waals surface area contributed by atoms with Crippen LogP contribution in [0.2, 0.25) is 0 Å². The number of rotatable bonds is 6. The second-order valence-electron chi connectivity index (χ2n) is 5.60. The Hall–Kier alpha value is -1.78. The Labute approximate surface area is 120 Å². The molecule has 0 aromatic rings. The van der Waals surface area contributed by atoms with Gasteiger partial charge in [-0.3, -0.25) is 4.79 Å². The summed E-state index contributed by atoms with van der Waals surface area (Å²) in [4.78, 5) is 23.2. The van der Waals surface area contributed by atoms with Crippen molar-refractivity contribution in [2.45, 2.75) is 45.6 Å². The molecule has 0 saturated carbocycles. The minimum absolute atomic E-state index is 0.0926. The standard InChI is InChI=1S/C15H23NO4/c1-5-10-19-13-7-6-12(17)11(13)8-9-16-14(18)20-15(2,3)4/h5H,1,6-10H2,2-4H3,(H,16,18). The second kappa shape index (κ2) is 7.12. The number of carbonyl (C=O) groups excluding carboxylic acids is 2. The van der Waals surface area contributed by atoms with Crippen molar-refractivity contribution >= 4 is 11.9 Å². The third-order valence-corrected chi connectivity index (χ3v) is 2.67. The van der Waals surface area contributed by atoms with Gasteiger partial charge in [0.25, 0.3) is 0 Å². The molecule has 0 heterocycles. The van der Waals surface area contributed by atoms with E-state index in [1.165, 1.54) is 0 Å². The zero-order chi connectivity index (χ0) is 15.2. The number of ketones is 1. The van der Waals surface area contributed by atoms with Gasteiger partial charge in [-0.25, -0.2) is 4.79 Å². The van der Waals surface area contributed by atoms with Crippen molar-refractivity contribution in [1.29, 1.82) is 0 Å². The summed E-state index contributed by atoms with van der Waals surface area (Å²) in [5.41, 5.74) is 0.146. The average Bonchev–Trinajstić information content (AvgIpc) is 2.66. The molecular weight excluding hydrogens is 258 g/mol. The van der Waals surface area contributed by atoms with Crippen molar-refractivity contribution in [2.24, 2.45) is 0 Å². The van der Waals surface area contributed by atoms with Gasteiger partial charge in [0, 0.05) is 25.0 Å². The molecule has 5 nitrogen and oxygen atoms in total. The highest BCUT2D eigenvalue weighted by Crippen LogP contribution is 2.26. The van der Waals surface area contributed by atoms with E-state index in [9.17, 15) is 9.59 Å². The first-order valence-electron chi connectivity index (χ1n) is 6.79. The minimum atomic E-state index is -0.523. The van der Waals surface area contributed by atoms with Gasteiger partial charge < -0.3 is 14.8 Å². The van der Waals surface area contributed by atoms with Crippen molar-refractivity contribution in [2.75, 3.05) is 13.2 Å². The van der Waals surface area contributed by atoms with E-state index in [0.717, 1.165) is 5.76 Å². The van der Waals surface area contributed by atoms with E-state index in [4.69, 9.17) is 9.47 Å². The Morgan fingerprint density at radius 3 is 2.70 bits per heavy atom. The predicted molar refractivity (Wildman–Crippen MR) is 76.3 cm³/mol. The van der Waals surface area contributed by atoms with Gasteiger partial charge in [-0.15, -0.1) is 0 Å². The summed E-state index contributed by atoms with van der Waals surface area (Å²) in [6.45, 7) is 9.74. The molecule has 0 aromatic heterocycles. The Kier molecular flexibility index (Phi) is 5.80. The summed E-state index contributed by atoms with van der Waals surface area (Å²) in [5.74, 6) is 0.816. The van der Waals surface area contributed by atoms with Crippen molar-refractivity contribution in [3.8, 4) is 0 Å². The van der Waals surface area contributed by atoms with Gasteiger partial charge in [-0.05, 0) is 27.2 Å². The normalized spacial score (nSPS) is 15.2. The molecule has 1 rings (SSSR count). The van der Waals surface area contributed by atoms with Gasteiger partial charge in [-0.1, -0.05) is 12.7 Å². The van der Waals surface area contributed by atoms with Crippen LogP contribution in [0.1, 0.15) is 40.0 Å². The van der Waals surface area contributed by atoms with Gasteiger partial charge >= 0.3 is 6.09 Å². The fourth-order valence-electron chi connectivity index (χ4n) is 1.89. The predicted octanol–water partition coefficient (Wildman–Crippen LogP) is 2.72. The monoisotopic (exact) mass is 281 g/mol. The first-order valence-corrected chi connectivity index (χ1v) is 6.79. The Balaban J connectivity index is 2.44. The van der Waals surface area contributed by atoms with Crippen LogP contribution in [0.4, 0.5) is 4.79 Å². The number of nitrogens with one attached hydrogen (secondary N) is 1. The van der Waals surface area contributed by atoms with Crippen LogP contribution in [0.15, 0.2) is 24.0 Å². The molecule has 5 heteroatoms. The summed E-state index contributed by atoms with van der Waals surface area (Å²) in [6, 6.07) is 0. The number of hydrogen-bond donors (Lipinski definition) is 1. The molecule has 1 amide bonds. The SMILES string of the molecule is C=CCOC1=C(CCNC(=O)OC(C)(C)C)C(=O)CC1. The largest absolute Gasteiger partial charge is 0.493 e. The summed E-state index contributed by atoms with van der Waals surface area (Å²) in [6.07, 6.45) is 2.75. The quantitative estimate of drug-likeness (QED) is 0.760. The zero-order valence-corrected chi connectivity index (χ0v) is 12.5. The van der Waals surface area contributed by atoms with Crippen LogP contribution in [0.25, 0.3) is 0 Å². The number of alkyl carbamates (subject to hydrolysis) is 1. The van der Waals surface area contributed by atoms with Crippen molar-refractivity contribution in [3.05, 3.63) is 24.0 Å². The zero-order valence-electron chi connectivity index (χ0n) is 12.5. The lowest BCUT2D eigenvalue weighted by Crippen LogP contribution is -2.33. The van der Waals surface area contributed by atoms with Crippen LogP contribution in [0.3, 0.4) is 0 Å². The number of amides is 1. The van der Waals surface area contributed by atoms with Gasteiger partial charge in [-0.2, -0.15) is 0 Å². The van der Waals surface area contributed by atoms with Gasteiger partial charge in [0.15, 0.2) is 5.78 Å². The molecule has 0 aliphatic heterocycles. The van der Waals surface area contributed by atoms with E-state index in [1.54, 1.807) is 26.8 Å². The highest BCUT2D eigenvalue weighted by molar-refractivity contribution is 5.98. The highest BCUT2D eigenvalue weighted by atomic mass is 16.6. The maximum absolute atomic E-state index is 11.7. The number of allylic oxidation sites excluding steroid dienone is 1. The molecule has 0 unspecified atom stereocenters. The molecule has 0 radical (unpaired) electrons. The average molecular weight is 281 g/mol. The maximum Gasteiger partial charge on any atom is 0.407 e. The van der Waals surface area contributed by atoms with Crippen molar-refractivity contribution in [3.63, 3.8) is 0 Å². The van der Waals surface area contributed by atoms with Crippen LogP contribution in [-0.4, -0.2) is 30.6 Å². The van der Waals surface area contributed by atoms with Crippen LogP contribution < -0.4 is 5.32 Å². The van der Waals surface area contributed by atoms with E-state index < -0.39 is 11.7 Å². The lowest BCUT2D eigenvalue weighted by atomic mass is 10.1. The minimum Gasteiger partial charge on any atom is -0.493 e. The smallest absolute Gasteiger partial charge is 0.407 e. The van der Waals surface area contributed by atoms with Gasteiger partial charge in [0.05, 0.1) is 0 Å². The summed E-state index contributed by atoms with van der Waals surface area (Å²) in [7, 11) is 0. The third kappa shape index (κ3) is 5.47. The molecule has 0 saturated heterocycles. The van der Waals surface area contributed by atoms with Crippen LogP contribution in [-0.2, 0) is 14.3 Å². The molecular formula is C15H23NO4. The van der Waals surface area contributed by atoms with Crippen molar-refractivity contribution < 1.29 is 19.1 Å². The van der Waals surface area contributed by atoms with E-state index in [2.05, 4.69) is 11.9 Å². The van der Waals surface area contributed by atoms with Crippen LogP contribution in [0.5, 0.6) is 0 Å². The summed E-state index contributed by atoms with van der Waals surface area (Å²) < 4.78 is 10.6. The molecule has 0 aromatic carbocycles. The van der Waals surface area contributed by atoms with Gasteiger partial charge in [0.2, 0.25) is 0 Å². The molecule has 20 heavy (non-hydrogen) atoms. The first kappa shape index (κ1) is 16.3. The van der Waals surface area contributed by atoms with Crippen LogP contribution >= 0.6 is 0 Å². The highest BCUT2D eigenvalue weighted by Gasteiger charge is 2.24. The topological polar surface area (TPSA) is 64.6 Å². The molecule has 1 aliphatic carbocycles. The molecule has 0 bridgehead atoms. The third-order valence-electron chi connectivity index (χ3n) is 2.67. The van der Waals surface area contributed by atoms with E-state index in [1.807, 2.05) is 0 Å². The molecule has 0 fully saturated rings. The van der Waals surface area contributed by atoms with E-state index >= 15 is 0 Å². The van der Waals surface area contributed by atoms with E-state index in [-0.39, 0.29) is 5.78 Å². The molecule has 0 spiro atoms. The Morgan fingerprint density at radius 2 is 2.10 bits per heavy atom. The Bertz CT molecular complexity index is 418. The number of ether oxygens (including phenoxy) is 2. The fraction of sp³-hybridized carbons (Fsp3) is 0.600. The lowest BCUT2D eigenvalue weighted by molar-refractivity contribution is -0.115. The summed E-state index contributed by atoms with van der Waals surface area (Å²) in [5, 5.41) is 2.64. The first-order chi connectivity index (χ1) is 9.33. The Morgan fingerprint density at radius 1 is 1.40 bits per heavy atom. The number of carbonyl (C=O) groups is 2. The second-order valence-corrected chi connectivity index (χ2v) is 5.60. The van der Waals surface area contributed by atoms with Crippen LogP contribution in [0, 0.1) is 0 Å². The summed E-state index contributed by atoms with van der Waals surface area (Å²) >= 11 is 0. The van der Waals surface area contributed by atoms with E-state index in [0.29, 0.717) is 38.0 Å². The molecule has 0 atom stereocenters. The van der Waals surface area contributed by atoms with Crippen molar-refractivity contribution in [1.82, 2.24) is 5.32 Å². The van der Waals surface area contributed by atoms with Gasteiger partial charge in [0.1, 0.15) is 18.0 Å². The maximum atomic E-state index is 11.7. The molecule has 1 N–H and O–H groups in total. The fourth-order valence-corrected chi connectivity index (χ4v) is 1.89. The number of Topliss-reactive ketones (excluding diaryl/α,β-unsaturated/α-hetero) is 1.